The Labute approximate surface area is 114 Å². The minimum Gasteiger partial charge on any atom is -0.368 e. The number of rotatable bonds is 6. The molecule has 0 saturated heterocycles. The molecule has 1 aromatic rings. The molecule has 0 spiro atoms. The Morgan fingerprint density at radius 1 is 1.28 bits per heavy atom. The summed E-state index contributed by atoms with van der Waals surface area (Å²) in [5, 5.41) is 3.57. The monoisotopic (exact) mass is 265 g/mol. The fraction of sp³-hybridized carbons (Fsp3) is 0.714. The molecule has 1 aliphatic carbocycles. The van der Waals surface area contributed by atoms with Crippen molar-refractivity contribution in [2.75, 3.05) is 18.1 Å². The molecule has 0 aliphatic heterocycles. The minimum absolute atomic E-state index is 0.330. The average Bonchev–Trinajstić information content (AvgIpc) is 2.90. The second kappa shape index (κ2) is 5.91. The summed E-state index contributed by atoms with van der Waals surface area (Å²) in [6.07, 6.45) is 9.74. The maximum atomic E-state index is 4.42. The molecular weight excluding hydrogens is 242 g/mol. The molecule has 1 aromatic heterocycles. The van der Waals surface area contributed by atoms with Crippen molar-refractivity contribution >= 4 is 17.6 Å². The summed E-state index contributed by atoms with van der Waals surface area (Å²) >= 11 is 1.96. The number of nitrogens with one attached hydrogen (secondary N) is 1. The summed E-state index contributed by atoms with van der Waals surface area (Å²) < 4.78 is 0.330. The van der Waals surface area contributed by atoms with Crippen molar-refractivity contribution in [2.24, 2.45) is 0 Å². The van der Waals surface area contributed by atoms with Crippen LogP contribution >= 0.6 is 11.8 Å². The largest absolute Gasteiger partial charge is 0.368 e. The van der Waals surface area contributed by atoms with Gasteiger partial charge in [-0.2, -0.15) is 11.8 Å². The summed E-state index contributed by atoms with van der Waals surface area (Å²) in [4.78, 5) is 8.79. The van der Waals surface area contributed by atoms with Crippen LogP contribution in [0.3, 0.4) is 0 Å². The van der Waals surface area contributed by atoms with Crippen LogP contribution in [-0.2, 0) is 12.8 Å². The molecule has 0 amide bonds. The molecule has 1 aliphatic rings. The summed E-state index contributed by atoms with van der Waals surface area (Å²) in [6, 6.07) is 0. The van der Waals surface area contributed by atoms with Gasteiger partial charge in [-0.15, -0.1) is 0 Å². The minimum atomic E-state index is 0.330. The van der Waals surface area contributed by atoms with Gasteiger partial charge in [-0.1, -0.05) is 13.8 Å². The fourth-order valence-electron chi connectivity index (χ4n) is 2.62. The van der Waals surface area contributed by atoms with Gasteiger partial charge in [0.15, 0.2) is 0 Å². The van der Waals surface area contributed by atoms with E-state index in [0.717, 1.165) is 25.2 Å². The molecule has 0 atom stereocenters. The second-order valence-corrected chi connectivity index (χ2v) is 6.22. The van der Waals surface area contributed by atoms with E-state index in [1.165, 1.54) is 30.5 Å². The molecule has 18 heavy (non-hydrogen) atoms. The number of fused-ring (bicyclic) bond motifs is 1. The zero-order valence-electron chi connectivity index (χ0n) is 11.6. The molecule has 0 bridgehead atoms. The lowest BCUT2D eigenvalue weighted by Crippen LogP contribution is -2.32. The van der Waals surface area contributed by atoms with Crippen LogP contribution in [0.1, 0.15) is 44.4 Å². The van der Waals surface area contributed by atoms with Crippen LogP contribution in [0, 0.1) is 0 Å². The van der Waals surface area contributed by atoms with Crippen LogP contribution in [0.25, 0.3) is 0 Å². The highest BCUT2D eigenvalue weighted by atomic mass is 32.2. The van der Waals surface area contributed by atoms with Gasteiger partial charge >= 0.3 is 0 Å². The van der Waals surface area contributed by atoms with Gasteiger partial charge in [-0.25, -0.2) is 9.97 Å². The SMILES string of the molecule is CCC(CC)(CNc1ncnc2c1CCC2)SC. The van der Waals surface area contributed by atoms with Crippen molar-refractivity contribution in [3.05, 3.63) is 17.6 Å². The molecule has 1 heterocycles. The molecular formula is C14H23N3S. The quantitative estimate of drug-likeness (QED) is 0.856. The number of aromatic nitrogens is 2. The van der Waals surface area contributed by atoms with Crippen molar-refractivity contribution < 1.29 is 0 Å². The van der Waals surface area contributed by atoms with Gasteiger partial charge in [0.05, 0.1) is 0 Å². The number of nitrogens with zero attached hydrogens (tertiary/aromatic N) is 2. The zero-order chi connectivity index (χ0) is 13.0. The lowest BCUT2D eigenvalue weighted by molar-refractivity contribution is 0.573. The van der Waals surface area contributed by atoms with E-state index in [-0.39, 0.29) is 0 Å². The molecule has 3 nitrogen and oxygen atoms in total. The lowest BCUT2D eigenvalue weighted by atomic mass is 10.0. The highest BCUT2D eigenvalue weighted by molar-refractivity contribution is 8.00. The van der Waals surface area contributed by atoms with Gasteiger partial charge in [0, 0.05) is 22.5 Å². The Bertz CT molecular complexity index is 394. The van der Waals surface area contributed by atoms with E-state index in [1.54, 1.807) is 6.33 Å². The molecule has 0 radical (unpaired) electrons. The Kier molecular flexibility index (Phi) is 4.49. The van der Waals surface area contributed by atoms with Gasteiger partial charge < -0.3 is 5.32 Å². The lowest BCUT2D eigenvalue weighted by Gasteiger charge is -2.30. The first-order valence-electron chi connectivity index (χ1n) is 6.86. The predicted molar refractivity (Wildman–Crippen MR) is 79.4 cm³/mol. The smallest absolute Gasteiger partial charge is 0.132 e. The Hall–Kier alpha value is -0.770. The van der Waals surface area contributed by atoms with Gasteiger partial charge in [0.25, 0.3) is 0 Å². The molecule has 100 valence electrons. The summed E-state index contributed by atoms with van der Waals surface area (Å²) in [6.45, 7) is 5.53. The van der Waals surface area contributed by atoms with E-state index >= 15 is 0 Å². The van der Waals surface area contributed by atoms with Crippen molar-refractivity contribution in [3.8, 4) is 0 Å². The van der Waals surface area contributed by atoms with Crippen LogP contribution in [0.15, 0.2) is 6.33 Å². The first kappa shape index (κ1) is 13.7. The molecule has 0 unspecified atom stereocenters. The van der Waals surface area contributed by atoms with E-state index in [1.807, 2.05) is 11.8 Å². The Balaban J connectivity index is 2.09. The van der Waals surface area contributed by atoms with Crippen molar-refractivity contribution in [2.45, 2.75) is 50.7 Å². The summed E-state index contributed by atoms with van der Waals surface area (Å²) in [5.41, 5.74) is 2.59. The van der Waals surface area contributed by atoms with Crippen LogP contribution in [-0.4, -0.2) is 27.5 Å². The van der Waals surface area contributed by atoms with Crippen LogP contribution in [0.5, 0.6) is 0 Å². The third kappa shape index (κ3) is 2.63. The third-order valence-corrected chi connectivity index (χ3v) is 5.76. The number of hydrogen-bond donors (Lipinski definition) is 1. The van der Waals surface area contributed by atoms with Gasteiger partial charge in [-0.05, 0) is 38.4 Å². The molecule has 4 heteroatoms. The molecule has 0 aromatic carbocycles. The molecule has 0 fully saturated rings. The van der Waals surface area contributed by atoms with Crippen LogP contribution < -0.4 is 5.32 Å². The average molecular weight is 265 g/mol. The van der Waals surface area contributed by atoms with Gasteiger partial charge in [0.1, 0.15) is 12.1 Å². The highest BCUT2D eigenvalue weighted by Crippen LogP contribution is 2.32. The topological polar surface area (TPSA) is 37.8 Å². The summed E-state index contributed by atoms with van der Waals surface area (Å²) in [5.74, 6) is 1.07. The standard InChI is InChI=1S/C14H23N3S/c1-4-14(5-2,18-3)9-15-13-11-7-6-8-12(11)16-10-17-13/h10H,4-9H2,1-3H3,(H,15,16,17). The van der Waals surface area contributed by atoms with Crippen molar-refractivity contribution in [1.29, 1.82) is 0 Å². The number of aryl methyl sites for hydroxylation is 1. The molecule has 2 rings (SSSR count). The third-order valence-electron chi connectivity index (χ3n) is 4.17. The van der Waals surface area contributed by atoms with E-state index in [4.69, 9.17) is 0 Å². The van der Waals surface area contributed by atoms with Gasteiger partial charge in [0.2, 0.25) is 0 Å². The maximum absolute atomic E-state index is 4.42. The van der Waals surface area contributed by atoms with E-state index in [2.05, 4.69) is 35.4 Å². The number of thioether (sulfide) groups is 1. The maximum Gasteiger partial charge on any atom is 0.132 e. The first-order chi connectivity index (χ1) is 8.74. The summed E-state index contributed by atoms with van der Waals surface area (Å²) in [7, 11) is 0. The number of anilines is 1. The fourth-order valence-corrected chi connectivity index (χ4v) is 3.41. The van der Waals surface area contributed by atoms with Crippen LogP contribution in [0.4, 0.5) is 5.82 Å². The molecule has 0 saturated carbocycles. The molecule has 1 N–H and O–H groups in total. The van der Waals surface area contributed by atoms with E-state index in [0.29, 0.717) is 4.75 Å². The van der Waals surface area contributed by atoms with E-state index < -0.39 is 0 Å². The van der Waals surface area contributed by atoms with Gasteiger partial charge in [-0.3, -0.25) is 0 Å². The Morgan fingerprint density at radius 2 is 2.06 bits per heavy atom. The van der Waals surface area contributed by atoms with Crippen molar-refractivity contribution in [3.63, 3.8) is 0 Å². The van der Waals surface area contributed by atoms with E-state index in [9.17, 15) is 0 Å². The second-order valence-electron chi connectivity index (χ2n) is 4.95. The van der Waals surface area contributed by atoms with Crippen LogP contribution in [0.2, 0.25) is 0 Å². The highest BCUT2D eigenvalue weighted by Gasteiger charge is 2.26. The van der Waals surface area contributed by atoms with Crippen molar-refractivity contribution in [1.82, 2.24) is 9.97 Å². The number of hydrogen-bond acceptors (Lipinski definition) is 4. The first-order valence-corrected chi connectivity index (χ1v) is 8.09. The normalized spacial score (nSPS) is 14.6. The zero-order valence-corrected chi connectivity index (χ0v) is 12.4. The Morgan fingerprint density at radius 3 is 2.72 bits per heavy atom. The predicted octanol–water partition coefficient (Wildman–Crippen LogP) is 3.30.